The molecule has 0 bridgehead atoms. The van der Waals surface area contributed by atoms with E-state index < -0.39 is 34.2 Å². The van der Waals surface area contributed by atoms with E-state index in [0.717, 1.165) is 16.4 Å². The third kappa shape index (κ3) is 6.98. The summed E-state index contributed by atoms with van der Waals surface area (Å²) in [5.41, 5.74) is -0.375. The van der Waals surface area contributed by atoms with Gasteiger partial charge in [0.15, 0.2) is 0 Å². The van der Waals surface area contributed by atoms with E-state index >= 15 is 0 Å². The molecule has 0 unspecified atom stereocenters. The minimum atomic E-state index is -4.51. The summed E-state index contributed by atoms with van der Waals surface area (Å²) in [6, 6.07) is 16.7. The van der Waals surface area contributed by atoms with Gasteiger partial charge in [0.1, 0.15) is 12.3 Å². The number of nitrogens with one attached hydrogen (secondary N) is 1. The van der Waals surface area contributed by atoms with Crippen molar-refractivity contribution in [2.75, 3.05) is 17.5 Å². The highest BCUT2D eigenvalue weighted by Crippen LogP contribution is 2.30. The molecule has 0 saturated heterocycles. The van der Waals surface area contributed by atoms with Gasteiger partial charge in [0.25, 0.3) is 10.0 Å². The monoisotopic (exact) mass is 570 g/mol. The van der Waals surface area contributed by atoms with Gasteiger partial charge < -0.3 is 10.1 Å². The molecule has 0 aromatic heterocycles. The molecule has 0 atom stereocenters. The van der Waals surface area contributed by atoms with Crippen LogP contribution in [0.25, 0.3) is 0 Å². The van der Waals surface area contributed by atoms with E-state index in [0.29, 0.717) is 16.8 Å². The summed E-state index contributed by atoms with van der Waals surface area (Å²) in [4.78, 5) is 12.7. The number of amides is 1. The summed E-state index contributed by atoms with van der Waals surface area (Å²) < 4.78 is 72.6. The van der Waals surface area contributed by atoms with Crippen molar-refractivity contribution in [2.45, 2.75) is 24.5 Å². The summed E-state index contributed by atoms with van der Waals surface area (Å²) >= 11 is 3.26. The molecule has 11 heteroatoms. The first kappa shape index (κ1) is 26.6. The highest BCUT2D eigenvalue weighted by Gasteiger charge is 2.30. The maximum Gasteiger partial charge on any atom is 0.416 e. The van der Waals surface area contributed by atoms with Crippen molar-refractivity contribution in [3.63, 3.8) is 0 Å². The van der Waals surface area contributed by atoms with Crippen LogP contribution in [0.2, 0.25) is 0 Å². The topological polar surface area (TPSA) is 75.7 Å². The normalized spacial score (nSPS) is 11.7. The fourth-order valence-corrected chi connectivity index (χ4v) is 4.85. The lowest BCUT2D eigenvalue weighted by molar-refractivity contribution is -0.137. The van der Waals surface area contributed by atoms with Crippen molar-refractivity contribution in [2.24, 2.45) is 0 Å². The van der Waals surface area contributed by atoms with Gasteiger partial charge in [-0.2, -0.15) is 13.2 Å². The molecule has 3 rings (SSSR count). The zero-order valence-electron chi connectivity index (χ0n) is 18.5. The van der Waals surface area contributed by atoms with Gasteiger partial charge in [0, 0.05) is 11.0 Å². The number of ether oxygens (including phenoxy) is 1. The average Bonchev–Trinajstić information content (AvgIpc) is 2.82. The van der Waals surface area contributed by atoms with Crippen LogP contribution in [0.1, 0.15) is 18.1 Å². The fraction of sp³-hybridized carbons (Fsp3) is 0.208. The van der Waals surface area contributed by atoms with Gasteiger partial charge in [-0.3, -0.25) is 9.10 Å². The van der Waals surface area contributed by atoms with Crippen LogP contribution in [-0.2, 0) is 27.5 Å². The molecule has 0 radical (unpaired) electrons. The smallest absolute Gasteiger partial charge is 0.416 e. The number of nitrogens with zero attached hydrogens (tertiary/aromatic N) is 1. The molecule has 0 aliphatic rings. The van der Waals surface area contributed by atoms with E-state index in [-0.39, 0.29) is 22.7 Å². The Hall–Kier alpha value is -3.05. The number of anilines is 1. The second-order valence-corrected chi connectivity index (χ2v) is 10.1. The first-order chi connectivity index (χ1) is 16.5. The summed E-state index contributed by atoms with van der Waals surface area (Å²) in [6.45, 7) is 1.47. The second-order valence-electron chi connectivity index (χ2n) is 7.37. The highest BCUT2D eigenvalue weighted by molar-refractivity contribution is 9.10. The van der Waals surface area contributed by atoms with Gasteiger partial charge in [0.2, 0.25) is 5.91 Å². The molecule has 35 heavy (non-hydrogen) atoms. The van der Waals surface area contributed by atoms with Crippen LogP contribution in [0.3, 0.4) is 0 Å². The quantitative estimate of drug-likeness (QED) is 0.375. The van der Waals surface area contributed by atoms with Gasteiger partial charge in [-0.1, -0.05) is 28.1 Å². The largest absolute Gasteiger partial charge is 0.494 e. The van der Waals surface area contributed by atoms with Gasteiger partial charge in [-0.05, 0) is 73.2 Å². The van der Waals surface area contributed by atoms with Crippen LogP contribution in [0, 0.1) is 0 Å². The Bertz CT molecular complexity index is 1270. The number of carbonyl (C=O) groups is 1. The molecule has 3 aromatic carbocycles. The van der Waals surface area contributed by atoms with E-state index in [2.05, 4.69) is 21.2 Å². The lowest BCUT2D eigenvalue weighted by Crippen LogP contribution is -2.40. The molecule has 0 aliphatic carbocycles. The van der Waals surface area contributed by atoms with E-state index in [9.17, 15) is 26.4 Å². The summed E-state index contributed by atoms with van der Waals surface area (Å²) in [7, 11) is -4.14. The highest BCUT2D eigenvalue weighted by atomic mass is 79.9. The van der Waals surface area contributed by atoms with Crippen molar-refractivity contribution in [1.29, 1.82) is 0 Å². The van der Waals surface area contributed by atoms with E-state index in [1.54, 1.807) is 24.3 Å². The summed E-state index contributed by atoms with van der Waals surface area (Å²) in [5.74, 6) is -0.150. The van der Waals surface area contributed by atoms with Crippen LogP contribution < -0.4 is 14.4 Å². The van der Waals surface area contributed by atoms with Crippen molar-refractivity contribution < 1.29 is 31.1 Å². The maximum absolute atomic E-state index is 13.4. The minimum absolute atomic E-state index is 0.0275. The molecule has 0 aliphatic heterocycles. The van der Waals surface area contributed by atoms with Gasteiger partial charge in [0.05, 0.1) is 22.8 Å². The Morgan fingerprint density at radius 3 is 2.29 bits per heavy atom. The number of halogens is 4. The van der Waals surface area contributed by atoms with Gasteiger partial charge in [-0.25, -0.2) is 8.42 Å². The van der Waals surface area contributed by atoms with Crippen LogP contribution in [0.5, 0.6) is 5.75 Å². The first-order valence-corrected chi connectivity index (χ1v) is 12.7. The molecule has 6 nitrogen and oxygen atoms in total. The van der Waals surface area contributed by atoms with Crippen molar-refractivity contribution >= 4 is 37.5 Å². The maximum atomic E-state index is 13.4. The molecule has 186 valence electrons. The average molecular weight is 571 g/mol. The minimum Gasteiger partial charge on any atom is -0.494 e. The predicted octanol–water partition coefficient (Wildman–Crippen LogP) is 5.38. The lowest BCUT2D eigenvalue weighted by Gasteiger charge is -2.24. The van der Waals surface area contributed by atoms with Crippen LogP contribution >= 0.6 is 15.9 Å². The lowest BCUT2D eigenvalue weighted by atomic mass is 10.1. The number of carbonyl (C=O) groups excluding carboxylic acids is 1. The molecule has 1 amide bonds. The molecular weight excluding hydrogens is 549 g/mol. The second kappa shape index (κ2) is 11.1. The molecular formula is C24H22BrF3N2O4S. The predicted molar refractivity (Wildman–Crippen MR) is 130 cm³/mol. The van der Waals surface area contributed by atoms with E-state index in [4.69, 9.17) is 4.74 Å². The molecule has 3 aromatic rings. The molecule has 1 N–H and O–H groups in total. The van der Waals surface area contributed by atoms with Crippen molar-refractivity contribution in [3.8, 4) is 5.75 Å². The number of sulfonamides is 1. The van der Waals surface area contributed by atoms with E-state index in [1.807, 2.05) is 6.92 Å². The number of benzene rings is 3. The van der Waals surface area contributed by atoms with E-state index in [1.165, 1.54) is 36.4 Å². The number of hydrogen-bond donors (Lipinski definition) is 1. The van der Waals surface area contributed by atoms with Crippen LogP contribution in [-0.4, -0.2) is 27.5 Å². The molecule has 0 saturated carbocycles. The van der Waals surface area contributed by atoms with Gasteiger partial charge in [-0.15, -0.1) is 0 Å². The Morgan fingerprint density at radius 1 is 1.03 bits per heavy atom. The fourth-order valence-electron chi connectivity index (χ4n) is 3.17. The van der Waals surface area contributed by atoms with Crippen molar-refractivity contribution in [1.82, 2.24) is 5.32 Å². The number of rotatable bonds is 9. The third-order valence-corrected chi connectivity index (χ3v) is 7.19. The van der Waals surface area contributed by atoms with Gasteiger partial charge >= 0.3 is 6.18 Å². The molecule has 0 heterocycles. The Kier molecular flexibility index (Phi) is 8.44. The molecule has 0 spiro atoms. The summed E-state index contributed by atoms with van der Waals surface area (Å²) in [6.07, 6.45) is -4.51. The first-order valence-electron chi connectivity index (χ1n) is 10.4. The standard InChI is InChI=1S/C24H22BrF3N2O4S/c1-2-34-21-10-8-20(9-11-21)30(35(32,33)22-12-6-19(25)7-13-22)16-23(31)29-15-17-4-3-5-18(14-17)24(26,27)28/h3-14H,2,15-16H2,1H3,(H,29,31). The summed E-state index contributed by atoms with van der Waals surface area (Å²) in [5, 5.41) is 2.50. The SMILES string of the molecule is CCOc1ccc(N(CC(=O)NCc2cccc(C(F)(F)F)c2)S(=O)(=O)c2ccc(Br)cc2)cc1. The Balaban J connectivity index is 1.84. The number of alkyl halides is 3. The Labute approximate surface area is 209 Å². The zero-order valence-corrected chi connectivity index (χ0v) is 21.0. The van der Waals surface area contributed by atoms with Crippen molar-refractivity contribution in [3.05, 3.63) is 88.4 Å². The Morgan fingerprint density at radius 2 is 1.69 bits per heavy atom. The zero-order chi connectivity index (χ0) is 25.6. The third-order valence-electron chi connectivity index (χ3n) is 4.87. The van der Waals surface area contributed by atoms with Crippen LogP contribution in [0.15, 0.2) is 82.2 Å². The van der Waals surface area contributed by atoms with Crippen LogP contribution in [0.4, 0.5) is 18.9 Å². The molecule has 0 fully saturated rings. The number of hydrogen-bond acceptors (Lipinski definition) is 4.